The minimum Gasteiger partial charge on any atom is -0.369 e. The molecule has 1 aromatic carbocycles. The van der Waals surface area contributed by atoms with Crippen molar-refractivity contribution in [3.8, 4) is 0 Å². The van der Waals surface area contributed by atoms with Crippen LogP contribution in [0.1, 0.15) is 45.1 Å². The molecule has 1 fully saturated rings. The number of nitrogen functional groups attached to an aromatic ring is 1. The number of nitrogens with zero attached hydrogens (tertiary/aromatic N) is 2. The first kappa shape index (κ1) is 13.9. The summed E-state index contributed by atoms with van der Waals surface area (Å²) in [6, 6.07) is 3.61. The molecule has 20 heavy (non-hydrogen) atoms. The molecule has 0 saturated heterocycles. The van der Waals surface area contributed by atoms with Gasteiger partial charge in [-0.05, 0) is 40.8 Å². The number of anilines is 1. The van der Waals surface area contributed by atoms with E-state index in [0.717, 1.165) is 11.9 Å². The lowest BCUT2D eigenvalue weighted by atomic mass is 9.96. The topological polar surface area (TPSA) is 43.8 Å². The van der Waals surface area contributed by atoms with Gasteiger partial charge in [-0.15, -0.1) is 0 Å². The lowest BCUT2D eigenvalue weighted by Crippen LogP contribution is -2.18. The van der Waals surface area contributed by atoms with E-state index in [9.17, 15) is 4.39 Å². The summed E-state index contributed by atoms with van der Waals surface area (Å²) in [7, 11) is 0. The van der Waals surface area contributed by atoms with E-state index in [1.807, 2.05) is 0 Å². The highest BCUT2D eigenvalue weighted by Gasteiger charge is 2.25. The number of halogens is 2. The van der Waals surface area contributed by atoms with Crippen LogP contribution in [-0.2, 0) is 0 Å². The lowest BCUT2D eigenvalue weighted by molar-refractivity contribution is 0.344. The molecule has 3 nitrogen and oxygen atoms in total. The van der Waals surface area contributed by atoms with E-state index in [4.69, 9.17) is 5.73 Å². The van der Waals surface area contributed by atoms with Gasteiger partial charge in [0.15, 0.2) is 0 Å². The van der Waals surface area contributed by atoms with Gasteiger partial charge in [0.25, 0.3) is 0 Å². The van der Waals surface area contributed by atoms with Crippen LogP contribution in [-0.4, -0.2) is 9.55 Å². The van der Waals surface area contributed by atoms with Gasteiger partial charge in [0.1, 0.15) is 5.82 Å². The number of benzene rings is 1. The zero-order valence-corrected chi connectivity index (χ0v) is 13.2. The molecule has 1 aromatic heterocycles. The fourth-order valence-corrected chi connectivity index (χ4v) is 3.65. The molecular formula is C15H19BrFN3. The van der Waals surface area contributed by atoms with Crippen LogP contribution in [0.2, 0.25) is 0 Å². The van der Waals surface area contributed by atoms with Crippen molar-refractivity contribution in [3.63, 3.8) is 0 Å². The molecule has 3 rings (SSSR count). The Morgan fingerprint density at radius 1 is 1.30 bits per heavy atom. The number of hydrogen-bond donors (Lipinski definition) is 1. The monoisotopic (exact) mass is 339 g/mol. The van der Waals surface area contributed by atoms with Gasteiger partial charge >= 0.3 is 0 Å². The van der Waals surface area contributed by atoms with Gasteiger partial charge in [0, 0.05) is 12.1 Å². The Labute approximate surface area is 126 Å². The third-order valence-corrected chi connectivity index (χ3v) is 5.01. The Hall–Kier alpha value is -1.10. The molecule has 0 amide bonds. The first-order valence-electron chi connectivity index (χ1n) is 7.20. The second-order valence-electron chi connectivity index (χ2n) is 5.78. The van der Waals surface area contributed by atoms with Crippen LogP contribution in [0.4, 0.5) is 10.3 Å². The van der Waals surface area contributed by atoms with Gasteiger partial charge in [-0.2, -0.15) is 0 Å². The quantitative estimate of drug-likeness (QED) is 0.767. The Kier molecular flexibility index (Phi) is 3.71. The highest BCUT2D eigenvalue weighted by molar-refractivity contribution is 9.10. The molecule has 2 N–H and O–H groups in total. The molecule has 1 heterocycles. The average Bonchev–Trinajstić information content (AvgIpc) is 2.58. The standard InChI is InChI=1S/C15H19BrFN3/c1-9-5-3-2-4-6-13(9)20-14-7-10(16)11(17)8-12(14)19-15(20)18/h7-9,13H,2-6H2,1H3,(H2,18,19). The normalized spacial score (nSPS) is 23.9. The number of hydrogen-bond acceptors (Lipinski definition) is 2. The highest BCUT2D eigenvalue weighted by Crippen LogP contribution is 2.37. The molecule has 1 aliphatic carbocycles. The van der Waals surface area contributed by atoms with Crippen molar-refractivity contribution in [2.75, 3.05) is 5.73 Å². The molecule has 2 unspecified atom stereocenters. The van der Waals surface area contributed by atoms with Crippen LogP contribution in [0.3, 0.4) is 0 Å². The fourth-order valence-electron chi connectivity index (χ4n) is 3.31. The fraction of sp³-hybridized carbons (Fsp3) is 0.533. The van der Waals surface area contributed by atoms with E-state index in [2.05, 4.69) is 32.4 Å². The molecule has 1 aliphatic rings. The smallest absolute Gasteiger partial charge is 0.201 e. The van der Waals surface area contributed by atoms with Gasteiger partial charge < -0.3 is 10.3 Å². The van der Waals surface area contributed by atoms with Crippen LogP contribution < -0.4 is 5.73 Å². The summed E-state index contributed by atoms with van der Waals surface area (Å²) in [5.74, 6) is 0.772. The van der Waals surface area contributed by atoms with Crippen LogP contribution in [0.25, 0.3) is 11.0 Å². The van der Waals surface area contributed by atoms with Crippen molar-refractivity contribution in [2.45, 2.75) is 45.1 Å². The zero-order chi connectivity index (χ0) is 14.3. The number of imidazole rings is 1. The van der Waals surface area contributed by atoms with E-state index >= 15 is 0 Å². The van der Waals surface area contributed by atoms with E-state index in [-0.39, 0.29) is 5.82 Å². The van der Waals surface area contributed by atoms with Crippen molar-refractivity contribution in [2.24, 2.45) is 5.92 Å². The van der Waals surface area contributed by atoms with E-state index in [1.54, 1.807) is 6.07 Å². The maximum atomic E-state index is 13.6. The second kappa shape index (κ2) is 5.35. The summed E-state index contributed by atoms with van der Waals surface area (Å²) < 4.78 is 16.2. The molecule has 0 aliphatic heterocycles. The number of nitrogens with two attached hydrogens (primary N) is 1. The molecule has 0 bridgehead atoms. The third kappa shape index (κ3) is 2.32. The summed E-state index contributed by atoms with van der Waals surface area (Å²) in [5.41, 5.74) is 7.68. The molecule has 2 aromatic rings. The van der Waals surface area contributed by atoms with Crippen LogP contribution in [0.5, 0.6) is 0 Å². The van der Waals surface area contributed by atoms with Crippen LogP contribution >= 0.6 is 15.9 Å². The van der Waals surface area contributed by atoms with Crippen molar-refractivity contribution in [3.05, 3.63) is 22.4 Å². The minimum atomic E-state index is -0.295. The van der Waals surface area contributed by atoms with E-state index in [1.165, 1.54) is 31.7 Å². The van der Waals surface area contributed by atoms with Gasteiger partial charge in [-0.1, -0.05) is 26.2 Å². The Balaban J connectivity index is 2.14. The molecule has 1 saturated carbocycles. The predicted octanol–water partition coefficient (Wildman–Crippen LogP) is 4.66. The van der Waals surface area contributed by atoms with Crippen LogP contribution in [0, 0.1) is 11.7 Å². The van der Waals surface area contributed by atoms with Gasteiger partial charge in [-0.25, -0.2) is 9.37 Å². The van der Waals surface area contributed by atoms with Crippen LogP contribution in [0.15, 0.2) is 16.6 Å². The summed E-state index contributed by atoms with van der Waals surface area (Å²) in [6.07, 6.45) is 6.11. The number of aromatic nitrogens is 2. The van der Waals surface area contributed by atoms with Gasteiger partial charge in [0.05, 0.1) is 15.5 Å². The van der Waals surface area contributed by atoms with Crippen molar-refractivity contribution in [1.29, 1.82) is 0 Å². The highest BCUT2D eigenvalue weighted by atomic mass is 79.9. The summed E-state index contributed by atoms with van der Waals surface area (Å²) in [5, 5.41) is 0. The Morgan fingerprint density at radius 2 is 2.05 bits per heavy atom. The number of fused-ring (bicyclic) bond motifs is 1. The summed E-state index contributed by atoms with van der Waals surface area (Å²) in [6.45, 7) is 2.28. The lowest BCUT2D eigenvalue weighted by Gasteiger charge is -2.24. The van der Waals surface area contributed by atoms with Crippen molar-refractivity contribution >= 4 is 32.9 Å². The number of rotatable bonds is 1. The minimum absolute atomic E-state index is 0.295. The average molecular weight is 340 g/mol. The molecule has 108 valence electrons. The third-order valence-electron chi connectivity index (χ3n) is 4.41. The van der Waals surface area contributed by atoms with Crippen molar-refractivity contribution in [1.82, 2.24) is 9.55 Å². The predicted molar refractivity (Wildman–Crippen MR) is 83.1 cm³/mol. The molecule has 0 radical (unpaired) electrons. The van der Waals surface area contributed by atoms with E-state index in [0.29, 0.717) is 27.9 Å². The molecular weight excluding hydrogens is 321 g/mol. The Bertz CT molecular complexity index is 638. The maximum Gasteiger partial charge on any atom is 0.201 e. The summed E-state index contributed by atoms with van der Waals surface area (Å²) in [4.78, 5) is 4.34. The second-order valence-corrected chi connectivity index (χ2v) is 6.63. The summed E-state index contributed by atoms with van der Waals surface area (Å²) >= 11 is 3.26. The molecule has 5 heteroatoms. The Morgan fingerprint density at radius 3 is 2.85 bits per heavy atom. The van der Waals surface area contributed by atoms with Crippen molar-refractivity contribution < 1.29 is 4.39 Å². The van der Waals surface area contributed by atoms with Gasteiger partial charge in [-0.3, -0.25) is 0 Å². The largest absolute Gasteiger partial charge is 0.369 e. The maximum absolute atomic E-state index is 13.6. The molecule has 0 spiro atoms. The van der Waals surface area contributed by atoms with E-state index < -0.39 is 0 Å². The SMILES string of the molecule is CC1CCCCCC1n1c(N)nc2cc(F)c(Br)cc21. The first-order chi connectivity index (χ1) is 9.58. The molecule has 2 atom stereocenters. The first-order valence-corrected chi connectivity index (χ1v) is 7.99. The zero-order valence-electron chi connectivity index (χ0n) is 11.6. The van der Waals surface area contributed by atoms with Gasteiger partial charge in [0.2, 0.25) is 5.95 Å².